The number of carbonyl (C=O) groups is 1. The van der Waals surface area contributed by atoms with Crippen LogP contribution < -0.4 is 15.4 Å². The van der Waals surface area contributed by atoms with Gasteiger partial charge in [0.25, 0.3) is 5.91 Å². The van der Waals surface area contributed by atoms with Gasteiger partial charge in [0.2, 0.25) is 0 Å². The fourth-order valence-electron chi connectivity index (χ4n) is 3.14. The molecule has 3 aromatic rings. The third kappa shape index (κ3) is 3.47. The van der Waals surface area contributed by atoms with Gasteiger partial charge in [-0.05, 0) is 59.1 Å². The van der Waals surface area contributed by atoms with Crippen LogP contribution in [-0.4, -0.2) is 22.0 Å². The van der Waals surface area contributed by atoms with Crippen LogP contribution >= 0.6 is 15.9 Å². The number of hydrogen-bond acceptors (Lipinski definition) is 5. The Balaban J connectivity index is 1.61. The normalized spacial score (nSPS) is 17.0. The number of anilines is 2. The van der Waals surface area contributed by atoms with Crippen molar-refractivity contribution in [1.82, 2.24) is 9.97 Å². The molecule has 27 heavy (non-hydrogen) atoms. The van der Waals surface area contributed by atoms with E-state index in [1.165, 1.54) is 0 Å². The highest BCUT2D eigenvalue weighted by molar-refractivity contribution is 9.10. The quantitative estimate of drug-likeness (QED) is 0.633. The average molecular weight is 427 g/mol. The molecule has 138 valence electrons. The first-order valence-electron chi connectivity index (χ1n) is 8.83. The number of aromatic nitrogens is 2. The van der Waals surface area contributed by atoms with Crippen molar-refractivity contribution in [2.75, 3.05) is 10.6 Å². The summed E-state index contributed by atoms with van der Waals surface area (Å²) in [6.45, 7) is 4.01. The molecule has 2 atom stereocenters. The van der Waals surface area contributed by atoms with Crippen LogP contribution in [0.5, 0.6) is 5.75 Å². The zero-order valence-electron chi connectivity index (χ0n) is 15.0. The molecule has 0 saturated carbocycles. The lowest BCUT2D eigenvalue weighted by atomic mass is 10.1. The number of ether oxygens (including phenoxy) is 1. The van der Waals surface area contributed by atoms with Gasteiger partial charge in [0.1, 0.15) is 11.3 Å². The van der Waals surface area contributed by atoms with Crippen molar-refractivity contribution >= 4 is 44.2 Å². The highest BCUT2D eigenvalue weighted by atomic mass is 79.9. The smallest absolute Gasteiger partial charge is 0.265 e. The number of halogens is 1. The minimum absolute atomic E-state index is 0.0210. The zero-order chi connectivity index (χ0) is 19.0. The third-order valence-corrected chi connectivity index (χ3v) is 5.05. The maximum Gasteiger partial charge on any atom is 0.265 e. The molecular formula is C20H19BrN4O2. The molecule has 0 aliphatic carbocycles. The second-order valence-electron chi connectivity index (χ2n) is 6.51. The van der Waals surface area contributed by atoms with E-state index in [0.29, 0.717) is 17.9 Å². The van der Waals surface area contributed by atoms with Gasteiger partial charge in [-0.15, -0.1) is 0 Å². The van der Waals surface area contributed by atoms with Crippen LogP contribution in [0.4, 0.5) is 11.4 Å². The highest BCUT2D eigenvalue weighted by Gasteiger charge is 2.26. The van der Waals surface area contributed by atoms with E-state index in [-0.39, 0.29) is 11.9 Å². The van der Waals surface area contributed by atoms with E-state index in [9.17, 15) is 4.79 Å². The number of nitrogens with zero attached hydrogens (tertiary/aromatic N) is 2. The summed E-state index contributed by atoms with van der Waals surface area (Å²) in [4.78, 5) is 20.8. The summed E-state index contributed by atoms with van der Waals surface area (Å²) in [5, 5.41) is 6.40. The van der Waals surface area contributed by atoms with E-state index in [0.717, 1.165) is 26.8 Å². The van der Waals surface area contributed by atoms with Gasteiger partial charge in [-0.3, -0.25) is 14.8 Å². The van der Waals surface area contributed by atoms with Crippen molar-refractivity contribution in [2.45, 2.75) is 32.4 Å². The van der Waals surface area contributed by atoms with Crippen molar-refractivity contribution in [3.05, 3.63) is 52.8 Å². The Morgan fingerprint density at radius 3 is 2.96 bits per heavy atom. The maximum absolute atomic E-state index is 11.9. The lowest BCUT2D eigenvalue weighted by Gasteiger charge is -2.26. The summed E-state index contributed by atoms with van der Waals surface area (Å²) in [5.74, 6) is 0.610. The van der Waals surface area contributed by atoms with Crippen molar-refractivity contribution < 1.29 is 9.53 Å². The van der Waals surface area contributed by atoms with Gasteiger partial charge in [0.15, 0.2) is 6.10 Å². The van der Waals surface area contributed by atoms with E-state index < -0.39 is 6.10 Å². The topological polar surface area (TPSA) is 76.1 Å². The van der Waals surface area contributed by atoms with Crippen LogP contribution in [-0.2, 0) is 4.79 Å². The Morgan fingerprint density at radius 1 is 1.30 bits per heavy atom. The number of fused-ring (bicyclic) bond motifs is 2. The number of carbonyl (C=O) groups excluding carboxylic acids is 1. The first kappa shape index (κ1) is 17.7. The molecule has 3 heterocycles. The standard InChI is InChI=1S/C20H19BrN4O2/c1-3-17-20(26)25-14-5-4-12(8-18(14)27-17)11(2)24-15-6-7-22-16-9-13(21)10-23-19(15)16/h4-11,17H,3H2,1-2H3,(H,22,24)(H,25,26). The Kier molecular flexibility index (Phi) is 4.70. The van der Waals surface area contributed by atoms with Crippen molar-refractivity contribution in [3.63, 3.8) is 0 Å². The molecule has 6 nitrogen and oxygen atoms in total. The van der Waals surface area contributed by atoms with Gasteiger partial charge in [-0.2, -0.15) is 0 Å². The molecule has 0 fully saturated rings. The number of benzene rings is 1. The molecule has 0 spiro atoms. The Labute approximate surface area is 165 Å². The van der Waals surface area contributed by atoms with Crippen molar-refractivity contribution in [3.8, 4) is 5.75 Å². The monoisotopic (exact) mass is 426 g/mol. The highest BCUT2D eigenvalue weighted by Crippen LogP contribution is 2.34. The molecule has 1 amide bonds. The Morgan fingerprint density at radius 2 is 2.15 bits per heavy atom. The SMILES string of the molecule is CCC1Oc2cc(C(C)Nc3ccnc4cc(Br)cnc34)ccc2NC1=O. The number of rotatable bonds is 4. The zero-order valence-corrected chi connectivity index (χ0v) is 16.6. The summed E-state index contributed by atoms with van der Waals surface area (Å²) >= 11 is 3.43. The minimum Gasteiger partial charge on any atom is -0.478 e. The second kappa shape index (κ2) is 7.15. The molecule has 1 aromatic carbocycles. The molecule has 4 rings (SSSR count). The third-order valence-electron chi connectivity index (χ3n) is 4.61. The molecule has 1 aliphatic rings. The van der Waals surface area contributed by atoms with Gasteiger partial charge < -0.3 is 15.4 Å². The first-order valence-corrected chi connectivity index (χ1v) is 9.62. The Hall–Kier alpha value is -2.67. The lowest BCUT2D eigenvalue weighted by molar-refractivity contribution is -0.123. The fourth-order valence-corrected chi connectivity index (χ4v) is 3.46. The lowest BCUT2D eigenvalue weighted by Crippen LogP contribution is -2.36. The van der Waals surface area contributed by atoms with Gasteiger partial charge in [0.05, 0.1) is 16.9 Å². The number of amides is 1. The predicted octanol–water partition coefficient (Wildman–Crippen LogP) is 4.67. The van der Waals surface area contributed by atoms with Gasteiger partial charge >= 0.3 is 0 Å². The molecular weight excluding hydrogens is 408 g/mol. The summed E-state index contributed by atoms with van der Waals surface area (Å²) in [6.07, 6.45) is 3.72. The van der Waals surface area contributed by atoms with Crippen LogP contribution in [0, 0.1) is 0 Å². The van der Waals surface area contributed by atoms with E-state index in [1.54, 1.807) is 12.4 Å². The molecule has 0 radical (unpaired) electrons. The predicted molar refractivity (Wildman–Crippen MR) is 109 cm³/mol. The first-order chi connectivity index (χ1) is 13.0. The fraction of sp³-hybridized carbons (Fsp3) is 0.250. The maximum atomic E-state index is 11.9. The van der Waals surface area contributed by atoms with Crippen LogP contribution in [0.25, 0.3) is 11.0 Å². The summed E-state index contributed by atoms with van der Waals surface area (Å²) in [7, 11) is 0. The van der Waals surface area contributed by atoms with Crippen LogP contribution in [0.1, 0.15) is 31.9 Å². The van der Waals surface area contributed by atoms with Crippen molar-refractivity contribution in [2.24, 2.45) is 0 Å². The van der Waals surface area contributed by atoms with Crippen LogP contribution in [0.3, 0.4) is 0 Å². The van der Waals surface area contributed by atoms with Crippen LogP contribution in [0.2, 0.25) is 0 Å². The van der Waals surface area contributed by atoms with Crippen LogP contribution in [0.15, 0.2) is 47.2 Å². The Bertz CT molecular complexity index is 1020. The van der Waals surface area contributed by atoms with E-state index in [2.05, 4.69) is 43.5 Å². The van der Waals surface area contributed by atoms with Gasteiger partial charge in [-0.1, -0.05) is 13.0 Å². The van der Waals surface area contributed by atoms with E-state index in [4.69, 9.17) is 4.74 Å². The summed E-state index contributed by atoms with van der Waals surface area (Å²) in [5.41, 5.74) is 4.32. The van der Waals surface area contributed by atoms with E-state index in [1.807, 2.05) is 37.3 Å². The second-order valence-corrected chi connectivity index (χ2v) is 7.42. The molecule has 2 N–H and O–H groups in total. The molecule has 2 aromatic heterocycles. The molecule has 7 heteroatoms. The number of pyridine rings is 2. The molecule has 0 saturated heterocycles. The largest absolute Gasteiger partial charge is 0.478 e. The molecule has 2 unspecified atom stereocenters. The molecule has 0 bridgehead atoms. The minimum atomic E-state index is -0.442. The number of hydrogen-bond donors (Lipinski definition) is 2. The molecule has 1 aliphatic heterocycles. The van der Waals surface area contributed by atoms with Gasteiger partial charge in [-0.25, -0.2) is 0 Å². The van der Waals surface area contributed by atoms with E-state index >= 15 is 0 Å². The average Bonchev–Trinajstić information content (AvgIpc) is 2.67. The van der Waals surface area contributed by atoms with Crippen molar-refractivity contribution in [1.29, 1.82) is 0 Å². The van der Waals surface area contributed by atoms with Gasteiger partial charge in [0, 0.05) is 22.9 Å². The summed E-state index contributed by atoms with van der Waals surface area (Å²) in [6, 6.07) is 9.72. The number of nitrogens with one attached hydrogen (secondary N) is 2. The summed E-state index contributed by atoms with van der Waals surface area (Å²) < 4.78 is 6.75.